The van der Waals surface area contributed by atoms with Crippen LogP contribution in [-0.2, 0) is 24.2 Å². The molecule has 8 nitrogen and oxygen atoms in total. The van der Waals surface area contributed by atoms with E-state index in [1.807, 2.05) is 31.9 Å². The van der Waals surface area contributed by atoms with Gasteiger partial charge in [-0.25, -0.2) is 4.68 Å². The first-order valence-electron chi connectivity index (χ1n) is 10.5. The first kappa shape index (κ1) is 26.6. The van der Waals surface area contributed by atoms with Crippen molar-refractivity contribution in [3.8, 4) is 5.75 Å². The maximum absolute atomic E-state index is 12.4. The van der Waals surface area contributed by atoms with Crippen molar-refractivity contribution >= 4 is 42.4 Å². The Morgan fingerprint density at radius 1 is 1.20 bits per heavy atom. The quantitative estimate of drug-likeness (QED) is 0.515. The fraction of sp³-hybridized carbons (Fsp3) is 0.364. The van der Waals surface area contributed by atoms with Crippen LogP contribution >= 0.6 is 25.1 Å². The minimum Gasteiger partial charge on any atom is -0.404 e. The number of pyridine rings is 1. The molecule has 3 aromatic rings. The maximum Gasteiger partial charge on any atom is 0.573 e. The van der Waals surface area contributed by atoms with E-state index in [0.717, 1.165) is 28.5 Å². The van der Waals surface area contributed by atoms with Gasteiger partial charge in [0.05, 0.1) is 34.3 Å². The van der Waals surface area contributed by atoms with Gasteiger partial charge in [-0.3, -0.25) is 9.78 Å². The Kier molecular flexibility index (Phi) is 7.85. The number of benzene rings is 1. The van der Waals surface area contributed by atoms with Crippen LogP contribution in [0.3, 0.4) is 0 Å². The molecule has 0 radical (unpaired) electrons. The van der Waals surface area contributed by atoms with Crippen molar-refractivity contribution in [3.63, 3.8) is 0 Å². The summed E-state index contributed by atoms with van der Waals surface area (Å²) in [5, 5.41) is 11.0. The predicted molar refractivity (Wildman–Crippen MR) is 131 cm³/mol. The molecule has 13 heteroatoms. The Balaban J connectivity index is 0.00000342. The number of rotatable bonds is 6. The Labute approximate surface area is 211 Å². The van der Waals surface area contributed by atoms with Gasteiger partial charge < -0.3 is 15.0 Å². The Hall–Kier alpha value is -2.99. The third-order valence-corrected chi connectivity index (χ3v) is 5.91. The molecule has 1 amide bonds. The third kappa shape index (κ3) is 6.17. The topological polar surface area (TPSA) is 85.2 Å². The van der Waals surface area contributed by atoms with Crippen LogP contribution in [0.5, 0.6) is 5.75 Å². The lowest BCUT2D eigenvalue weighted by molar-refractivity contribution is -0.274. The second-order valence-electron chi connectivity index (χ2n) is 8.09. The maximum atomic E-state index is 12.4. The van der Waals surface area contributed by atoms with Gasteiger partial charge in [-0.1, -0.05) is 22.9 Å². The van der Waals surface area contributed by atoms with E-state index in [-0.39, 0.29) is 37.0 Å². The number of carbonyl (C=O) groups excluding carboxylic acids is 1. The minimum atomic E-state index is -4.81. The molecular weight excluding hydrogens is 505 g/mol. The molecule has 4 rings (SSSR count). The first-order chi connectivity index (χ1) is 16.0. The molecule has 2 aromatic heterocycles. The van der Waals surface area contributed by atoms with E-state index in [1.165, 1.54) is 18.2 Å². The van der Waals surface area contributed by atoms with Gasteiger partial charge in [0.25, 0.3) is 0 Å². The second kappa shape index (κ2) is 10.3. The molecule has 1 N–H and O–H groups in total. The van der Waals surface area contributed by atoms with E-state index in [0.29, 0.717) is 18.4 Å². The van der Waals surface area contributed by atoms with Crippen molar-refractivity contribution in [2.45, 2.75) is 45.6 Å². The summed E-state index contributed by atoms with van der Waals surface area (Å²) in [6, 6.07) is 5.76. The zero-order valence-corrected chi connectivity index (χ0v) is 20.9. The number of carbonyl (C=O) groups is 1. The average Bonchev–Trinajstić information content (AvgIpc) is 3.20. The Morgan fingerprint density at radius 2 is 1.91 bits per heavy atom. The fourth-order valence-electron chi connectivity index (χ4n) is 3.72. The molecule has 0 saturated carbocycles. The number of aromatic nitrogens is 4. The molecule has 1 aliphatic heterocycles. The van der Waals surface area contributed by atoms with Gasteiger partial charge in [0.15, 0.2) is 0 Å². The van der Waals surface area contributed by atoms with Crippen LogP contribution < -0.4 is 15.0 Å². The van der Waals surface area contributed by atoms with Crippen LogP contribution in [0.2, 0.25) is 5.02 Å². The summed E-state index contributed by atoms with van der Waals surface area (Å²) in [4.78, 5) is 18.6. The number of hydrogen-bond acceptors (Lipinski definition) is 6. The molecule has 35 heavy (non-hydrogen) atoms. The lowest BCUT2D eigenvalue weighted by Gasteiger charge is -2.34. The zero-order valence-electron chi connectivity index (χ0n) is 19.1. The first-order valence-corrected chi connectivity index (χ1v) is 10.9. The number of nitrogens with one attached hydrogen (secondary N) is 1. The molecule has 0 spiro atoms. The van der Waals surface area contributed by atoms with Crippen molar-refractivity contribution in [1.29, 1.82) is 0 Å². The van der Waals surface area contributed by atoms with Crippen molar-refractivity contribution in [1.82, 2.24) is 20.0 Å². The van der Waals surface area contributed by atoms with Gasteiger partial charge in [0, 0.05) is 18.9 Å². The summed E-state index contributed by atoms with van der Waals surface area (Å²) >= 11 is 5.91. The Morgan fingerprint density at radius 3 is 2.60 bits per heavy atom. The lowest BCUT2D eigenvalue weighted by Crippen LogP contribution is -2.44. The number of aryl methyl sites for hydroxylation is 3. The van der Waals surface area contributed by atoms with Crippen LogP contribution in [0.4, 0.5) is 24.5 Å². The van der Waals surface area contributed by atoms with Crippen LogP contribution in [0.1, 0.15) is 29.6 Å². The van der Waals surface area contributed by atoms with E-state index in [4.69, 9.17) is 11.6 Å². The van der Waals surface area contributed by atoms with Crippen molar-refractivity contribution in [3.05, 3.63) is 58.1 Å². The molecule has 1 aromatic carbocycles. The molecule has 0 fully saturated rings. The van der Waals surface area contributed by atoms with Crippen LogP contribution in [0.25, 0.3) is 0 Å². The SMILES string of the molecule is Cc1nc(CCc2cn(Cc3ccc(OC(F)(F)F)c(Cl)c3)nn2)cc2c1NC(=O)[C@H](C)N2C.S. The number of fused-ring (bicyclic) bond motifs is 1. The van der Waals surface area contributed by atoms with Gasteiger partial charge >= 0.3 is 6.36 Å². The summed E-state index contributed by atoms with van der Waals surface area (Å²) in [5.41, 5.74) is 4.67. The second-order valence-corrected chi connectivity index (χ2v) is 8.50. The van der Waals surface area contributed by atoms with Crippen LogP contribution in [0.15, 0.2) is 30.5 Å². The highest BCUT2D eigenvalue weighted by molar-refractivity contribution is 7.59. The third-order valence-electron chi connectivity index (χ3n) is 5.61. The zero-order chi connectivity index (χ0) is 24.6. The molecule has 0 unspecified atom stereocenters. The number of halogens is 4. The van der Waals surface area contributed by atoms with Gasteiger partial charge in [0.1, 0.15) is 11.8 Å². The van der Waals surface area contributed by atoms with Gasteiger partial charge in [-0.2, -0.15) is 13.5 Å². The number of ether oxygens (including phenoxy) is 1. The van der Waals surface area contributed by atoms with E-state index in [9.17, 15) is 18.0 Å². The molecule has 0 saturated heterocycles. The highest BCUT2D eigenvalue weighted by atomic mass is 35.5. The normalized spacial score (nSPS) is 15.3. The standard InChI is InChI=1S/C22H22ClF3N6O2.H2S/c1-12-20-18(31(3)13(2)21(33)28-20)9-15(27-12)5-6-16-11-32(30-29-16)10-14-4-7-19(17(23)8-14)34-22(24,25)26;/h4,7-9,11,13H,5-6,10H2,1-3H3,(H,28,33);1H2/t13-;/m0./s1. The van der Waals surface area contributed by atoms with E-state index >= 15 is 0 Å². The number of alkyl halides is 3. The average molecular weight is 529 g/mol. The summed E-state index contributed by atoms with van der Waals surface area (Å²) in [6.07, 6.45) is -1.82. The molecule has 0 bridgehead atoms. The molecule has 188 valence electrons. The smallest absolute Gasteiger partial charge is 0.404 e. The number of anilines is 2. The fourth-order valence-corrected chi connectivity index (χ4v) is 3.96. The number of amides is 1. The number of hydrogen-bond donors (Lipinski definition) is 1. The number of likely N-dealkylation sites (N-methyl/N-ethyl adjacent to an activating group) is 1. The predicted octanol–water partition coefficient (Wildman–Crippen LogP) is 4.26. The van der Waals surface area contributed by atoms with E-state index < -0.39 is 12.1 Å². The van der Waals surface area contributed by atoms with E-state index in [1.54, 1.807) is 10.9 Å². The van der Waals surface area contributed by atoms with Crippen molar-refractivity contribution < 1.29 is 22.7 Å². The van der Waals surface area contributed by atoms with Gasteiger partial charge in [-0.05, 0) is 50.5 Å². The highest BCUT2D eigenvalue weighted by Gasteiger charge is 2.32. The molecule has 1 atom stereocenters. The molecule has 3 heterocycles. The largest absolute Gasteiger partial charge is 0.573 e. The van der Waals surface area contributed by atoms with Gasteiger partial charge in [-0.15, -0.1) is 18.3 Å². The summed E-state index contributed by atoms with van der Waals surface area (Å²) in [6.45, 7) is 3.99. The monoisotopic (exact) mass is 528 g/mol. The molecule has 0 aliphatic carbocycles. The van der Waals surface area contributed by atoms with Crippen LogP contribution in [-0.4, -0.2) is 45.3 Å². The lowest BCUT2D eigenvalue weighted by atomic mass is 10.1. The van der Waals surface area contributed by atoms with Crippen molar-refractivity contribution in [2.75, 3.05) is 17.3 Å². The van der Waals surface area contributed by atoms with E-state index in [2.05, 4.69) is 25.3 Å². The molecule has 1 aliphatic rings. The Bertz CT molecular complexity index is 1240. The van der Waals surface area contributed by atoms with Crippen LogP contribution in [0, 0.1) is 6.92 Å². The van der Waals surface area contributed by atoms with Gasteiger partial charge in [0.2, 0.25) is 5.91 Å². The molecular formula is C22H24ClF3N6O2S. The summed E-state index contributed by atoms with van der Waals surface area (Å²) < 4.78 is 42.7. The highest BCUT2D eigenvalue weighted by Crippen LogP contribution is 2.34. The van der Waals surface area contributed by atoms with Crippen molar-refractivity contribution in [2.24, 2.45) is 0 Å². The summed E-state index contributed by atoms with van der Waals surface area (Å²) in [5.74, 6) is -0.516. The number of nitrogens with zero attached hydrogens (tertiary/aromatic N) is 5. The summed E-state index contributed by atoms with van der Waals surface area (Å²) in [7, 11) is 1.88. The minimum absolute atomic E-state index is 0.